The number of carbonyl (C=O) groups is 2. The monoisotopic (exact) mass is 391 g/mol. The first-order valence-electron chi connectivity index (χ1n) is 8.16. The lowest BCUT2D eigenvalue weighted by atomic mass is 10.0. The Morgan fingerprint density at radius 3 is 2.23 bits per heavy atom. The molecule has 2 N–H and O–H groups in total. The zero-order valence-corrected chi connectivity index (χ0v) is 16.0. The highest BCUT2D eigenvalue weighted by Crippen LogP contribution is 2.23. The van der Waals surface area contributed by atoms with Crippen molar-refractivity contribution in [3.63, 3.8) is 0 Å². The van der Waals surface area contributed by atoms with E-state index in [1.54, 1.807) is 18.2 Å². The SMILES string of the molecule is CCc1cccc(CC)c1NC(=O)C(=O)NN=Cc1ccc(Cl)c(Cl)c1. The van der Waals surface area contributed by atoms with E-state index in [9.17, 15) is 9.59 Å². The number of amides is 2. The van der Waals surface area contributed by atoms with Gasteiger partial charge in [0.25, 0.3) is 0 Å². The Bertz CT molecular complexity index is 828. The summed E-state index contributed by atoms with van der Waals surface area (Å²) in [6.07, 6.45) is 2.88. The molecule has 2 aromatic rings. The van der Waals surface area contributed by atoms with E-state index in [1.165, 1.54) is 6.21 Å². The molecule has 26 heavy (non-hydrogen) atoms. The molecular formula is C19H19Cl2N3O2. The van der Waals surface area contributed by atoms with Crippen molar-refractivity contribution in [2.24, 2.45) is 5.10 Å². The Labute approximate surface area is 162 Å². The normalized spacial score (nSPS) is 10.8. The van der Waals surface area contributed by atoms with Crippen molar-refractivity contribution < 1.29 is 9.59 Å². The van der Waals surface area contributed by atoms with E-state index in [4.69, 9.17) is 23.2 Å². The molecule has 136 valence electrons. The van der Waals surface area contributed by atoms with Gasteiger partial charge < -0.3 is 5.32 Å². The van der Waals surface area contributed by atoms with Crippen LogP contribution in [0.1, 0.15) is 30.5 Å². The molecule has 0 heterocycles. The number of benzene rings is 2. The molecule has 0 radical (unpaired) electrons. The second kappa shape index (κ2) is 9.36. The minimum Gasteiger partial charge on any atom is -0.317 e. The van der Waals surface area contributed by atoms with Crippen molar-refractivity contribution in [2.75, 3.05) is 5.32 Å². The minimum absolute atomic E-state index is 0.378. The zero-order chi connectivity index (χ0) is 19.1. The molecule has 2 rings (SSSR count). The molecule has 0 atom stereocenters. The van der Waals surface area contributed by atoms with E-state index in [0.29, 0.717) is 21.3 Å². The number of hydrogen-bond acceptors (Lipinski definition) is 3. The van der Waals surface area contributed by atoms with E-state index in [1.807, 2.05) is 32.0 Å². The van der Waals surface area contributed by atoms with Gasteiger partial charge in [-0.05, 0) is 41.7 Å². The molecule has 2 amide bonds. The van der Waals surface area contributed by atoms with Crippen LogP contribution in [0.15, 0.2) is 41.5 Å². The minimum atomic E-state index is -0.853. The zero-order valence-electron chi connectivity index (χ0n) is 14.5. The first-order chi connectivity index (χ1) is 12.5. The molecule has 7 heteroatoms. The van der Waals surface area contributed by atoms with Crippen LogP contribution in [-0.2, 0) is 22.4 Å². The standard InChI is InChI=1S/C19H19Cl2N3O2/c1-3-13-6-5-7-14(4-2)17(13)23-18(25)19(26)24-22-11-12-8-9-15(20)16(21)10-12/h5-11H,3-4H2,1-2H3,(H,23,25)(H,24,26). The van der Waals surface area contributed by atoms with Crippen LogP contribution in [0.5, 0.6) is 0 Å². The van der Waals surface area contributed by atoms with Crippen LogP contribution in [0.25, 0.3) is 0 Å². The lowest BCUT2D eigenvalue weighted by Crippen LogP contribution is -2.33. The summed E-state index contributed by atoms with van der Waals surface area (Å²) in [7, 11) is 0. The quantitative estimate of drug-likeness (QED) is 0.455. The Hall–Kier alpha value is -2.37. The lowest BCUT2D eigenvalue weighted by Gasteiger charge is -2.13. The maximum absolute atomic E-state index is 12.2. The summed E-state index contributed by atoms with van der Waals surface area (Å²) < 4.78 is 0. The van der Waals surface area contributed by atoms with E-state index in [0.717, 1.165) is 24.0 Å². The number of halogens is 2. The maximum atomic E-state index is 12.2. The van der Waals surface area contributed by atoms with Gasteiger partial charge in [0.05, 0.1) is 16.3 Å². The highest BCUT2D eigenvalue weighted by atomic mass is 35.5. The molecule has 0 unspecified atom stereocenters. The van der Waals surface area contributed by atoms with Crippen LogP contribution in [-0.4, -0.2) is 18.0 Å². The van der Waals surface area contributed by atoms with Crippen molar-refractivity contribution in [3.05, 3.63) is 63.1 Å². The van der Waals surface area contributed by atoms with E-state index >= 15 is 0 Å². The molecule has 0 saturated carbocycles. The van der Waals surface area contributed by atoms with Gasteiger partial charge in [0.1, 0.15) is 0 Å². The van der Waals surface area contributed by atoms with Crippen LogP contribution in [0.4, 0.5) is 5.69 Å². The van der Waals surface area contributed by atoms with Gasteiger partial charge in [0.2, 0.25) is 0 Å². The van der Waals surface area contributed by atoms with Crippen LogP contribution in [0, 0.1) is 0 Å². The van der Waals surface area contributed by atoms with Crippen LogP contribution < -0.4 is 10.7 Å². The fraction of sp³-hybridized carbons (Fsp3) is 0.211. The number of para-hydroxylation sites is 1. The largest absolute Gasteiger partial charge is 0.329 e. The molecule has 0 fully saturated rings. The number of anilines is 1. The van der Waals surface area contributed by atoms with E-state index in [-0.39, 0.29) is 0 Å². The molecule has 5 nitrogen and oxygen atoms in total. The summed E-state index contributed by atoms with van der Waals surface area (Å²) in [4.78, 5) is 24.1. The van der Waals surface area contributed by atoms with Crippen molar-refractivity contribution in [1.29, 1.82) is 0 Å². The van der Waals surface area contributed by atoms with Crippen molar-refractivity contribution in [2.45, 2.75) is 26.7 Å². The predicted octanol–water partition coefficient (Wildman–Crippen LogP) is 4.21. The fourth-order valence-electron chi connectivity index (χ4n) is 2.38. The van der Waals surface area contributed by atoms with Gasteiger partial charge in [-0.3, -0.25) is 9.59 Å². The van der Waals surface area contributed by atoms with Crippen molar-refractivity contribution in [3.8, 4) is 0 Å². The molecule has 0 spiro atoms. The molecule has 0 saturated heterocycles. The lowest BCUT2D eigenvalue weighted by molar-refractivity contribution is -0.136. The molecule has 0 aliphatic heterocycles. The average molecular weight is 392 g/mol. The van der Waals surface area contributed by atoms with E-state index < -0.39 is 11.8 Å². The smallest absolute Gasteiger partial charge is 0.317 e. The number of aryl methyl sites for hydroxylation is 2. The Morgan fingerprint density at radius 2 is 1.65 bits per heavy atom. The number of rotatable bonds is 5. The van der Waals surface area contributed by atoms with Crippen molar-refractivity contribution in [1.82, 2.24) is 5.43 Å². The number of nitrogens with one attached hydrogen (secondary N) is 2. The molecule has 0 bridgehead atoms. The summed E-state index contributed by atoms with van der Waals surface area (Å²) in [5.41, 5.74) is 5.49. The second-order valence-corrected chi connectivity index (χ2v) is 6.30. The van der Waals surface area contributed by atoms with Gasteiger partial charge in [-0.1, -0.05) is 61.3 Å². The van der Waals surface area contributed by atoms with Gasteiger partial charge in [0.15, 0.2) is 0 Å². The summed E-state index contributed by atoms with van der Waals surface area (Å²) in [6, 6.07) is 10.7. The molecule has 0 aliphatic carbocycles. The second-order valence-electron chi connectivity index (χ2n) is 5.49. The maximum Gasteiger partial charge on any atom is 0.329 e. The number of hydrazone groups is 1. The predicted molar refractivity (Wildman–Crippen MR) is 106 cm³/mol. The molecule has 0 aromatic heterocycles. The third-order valence-electron chi connectivity index (χ3n) is 3.77. The Morgan fingerprint density at radius 1 is 1.00 bits per heavy atom. The fourth-order valence-corrected chi connectivity index (χ4v) is 2.69. The topological polar surface area (TPSA) is 70.6 Å². The molecule has 0 aliphatic rings. The van der Waals surface area contributed by atoms with E-state index in [2.05, 4.69) is 15.8 Å². The van der Waals surface area contributed by atoms with Gasteiger partial charge in [0, 0.05) is 5.69 Å². The van der Waals surface area contributed by atoms with Gasteiger partial charge in [-0.2, -0.15) is 5.10 Å². The van der Waals surface area contributed by atoms with Gasteiger partial charge in [-0.25, -0.2) is 5.43 Å². The first kappa shape index (κ1) is 19.9. The Balaban J connectivity index is 2.03. The van der Waals surface area contributed by atoms with Gasteiger partial charge >= 0.3 is 11.8 Å². The number of hydrogen-bond donors (Lipinski definition) is 2. The summed E-state index contributed by atoms with van der Waals surface area (Å²) in [6.45, 7) is 3.98. The van der Waals surface area contributed by atoms with Crippen LogP contribution >= 0.6 is 23.2 Å². The summed E-state index contributed by atoms with van der Waals surface area (Å²) >= 11 is 11.7. The molecular weight excluding hydrogens is 373 g/mol. The third kappa shape index (κ3) is 5.07. The average Bonchev–Trinajstić information content (AvgIpc) is 2.64. The highest BCUT2D eigenvalue weighted by Gasteiger charge is 2.16. The number of carbonyl (C=O) groups excluding carboxylic acids is 2. The third-order valence-corrected chi connectivity index (χ3v) is 4.51. The Kier molecular flexibility index (Phi) is 7.18. The van der Waals surface area contributed by atoms with Gasteiger partial charge in [-0.15, -0.1) is 0 Å². The molecule has 2 aromatic carbocycles. The summed E-state index contributed by atoms with van der Waals surface area (Å²) in [5, 5.41) is 7.26. The van der Waals surface area contributed by atoms with Crippen LogP contribution in [0.2, 0.25) is 10.0 Å². The highest BCUT2D eigenvalue weighted by molar-refractivity contribution is 6.42. The summed E-state index contributed by atoms with van der Waals surface area (Å²) in [5.74, 6) is -1.62. The van der Waals surface area contributed by atoms with Crippen LogP contribution in [0.3, 0.4) is 0 Å². The van der Waals surface area contributed by atoms with Crippen molar-refractivity contribution >= 4 is 46.9 Å². The first-order valence-corrected chi connectivity index (χ1v) is 8.92. The number of nitrogens with zero attached hydrogens (tertiary/aromatic N) is 1.